The molecular weight excluding hydrogens is 424 g/mol. The zero-order valence-electron chi connectivity index (χ0n) is 18.2. The number of nitrogens with one attached hydrogen (secondary N) is 1. The Morgan fingerprint density at radius 3 is 2.41 bits per heavy atom. The van der Waals surface area contributed by atoms with Crippen LogP contribution in [-0.4, -0.2) is 44.9 Å². The largest absolute Gasteiger partial charge is 0.492 e. The van der Waals surface area contributed by atoms with Crippen LogP contribution in [0.5, 0.6) is 5.75 Å². The highest BCUT2D eigenvalue weighted by atomic mass is 32.2. The Morgan fingerprint density at radius 1 is 1.00 bits per heavy atom. The van der Waals surface area contributed by atoms with E-state index in [1.807, 2.05) is 43.3 Å². The van der Waals surface area contributed by atoms with Gasteiger partial charge in [-0.15, -0.1) is 0 Å². The summed E-state index contributed by atoms with van der Waals surface area (Å²) in [5, 5.41) is 5.19. The SMILES string of the molecule is Cc1ccc(S(=O)(=O)N2CCC(C(=O)NCCOc3ccc4ccccc4c3)CC2)cc1. The van der Waals surface area contributed by atoms with Gasteiger partial charge in [-0.2, -0.15) is 4.31 Å². The number of hydrogen-bond acceptors (Lipinski definition) is 4. The van der Waals surface area contributed by atoms with Crippen LogP contribution >= 0.6 is 0 Å². The van der Waals surface area contributed by atoms with E-state index in [2.05, 4.69) is 11.4 Å². The summed E-state index contributed by atoms with van der Waals surface area (Å²) in [5.74, 6) is 0.548. The second kappa shape index (κ2) is 9.71. The number of sulfonamides is 1. The molecule has 0 aromatic heterocycles. The summed E-state index contributed by atoms with van der Waals surface area (Å²) in [4.78, 5) is 12.8. The average molecular weight is 453 g/mol. The van der Waals surface area contributed by atoms with Gasteiger partial charge in [0.1, 0.15) is 12.4 Å². The Labute approximate surface area is 189 Å². The van der Waals surface area contributed by atoms with Gasteiger partial charge in [0.2, 0.25) is 15.9 Å². The molecule has 0 aliphatic carbocycles. The highest BCUT2D eigenvalue weighted by molar-refractivity contribution is 7.89. The molecule has 1 aliphatic rings. The molecule has 4 rings (SSSR count). The van der Waals surface area contributed by atoms with Crippen molar-refractivity contribution in [2.45, 2.75) is 24.7 Å². The first-order chi connectivity index (χ1) is 15.4. The fraction of sp³-hybridized carbons (Fsp3) is 0.320. The summed E-state index contributed by atoms with van der Waals surface area (Å²) >= 11 is 0. The lowest BCUT2D eigenvalue weighted by Crippen LogP contribution is -2.43. The van der Waals surface area contributed by atoms with E-state index in [1.165, 1.54) is 4.31 Å². The number of fused-ring (bicyclic) bond motifs is 1. The molecule has 168 valence electrons. The molecule has 32 heavy (non-hydrogen) atoms. The minimum absolute atomic E-state index is 0.0421. The molecule has 0 radical (unpaired) electrons. The van der Waals surface area contributed by atoms with Crippen molar-refractivity contribution in [2.75, 3.05) is 26.2 Å². The Hall–Kier alpha value is -2.90. The predicted octanol–water partition coefficient (Wildman–Crippen LogP) is 3.74. The summed E-state index contributed by atoms with van der Waals surface area (Å²) in [6.07, 6.45) is 1.03. The fourth-order valence-corrected chi connectivity index (χ4v) is 5.43. The molecule has 0 unspecified atom stereocenters. The van der Waals surface area contributed by atoms with E-state index in [4.69, 9.17) is 4.74 Å². The quantitative estimate of drug-likeness (QED) is 0.554. The number of ether oxygens (including phenoxy) is 1. The van der Waals surface area contributed by atoms with Crippen molar-refractivity contribution in [3.8, 4) is 5.75 Å². The van der Waals surface area contributed by atoms with Crippen LogP contribution in [0.1, 0.15) is 18.4 Å². The maximum atomic E-state index is 12.8. The number of carbonyl (C=O) groups is 1. The Balaban J connectivity index is 1.22. The number of hydrogen-bond donors (Lipinski definition) is 1. The first-order valence-electron chi connectivity index (χ1n) is 10.9. The maximum Gasteiger partial charge on any atom is 0.243 e. The minimum atomic E-state index is -3.51. The first-order valence-corrected chi connectivity index (χ1v) is 12.3. The van der Waals surface area contributed by atoms with Gasteiger partial charge in [0.25, 0.3) is 0 Å². The third-order valence-corrected chi connectivity index (χ3v) is 7.79. The lowest BCUT2D eigenvalue weighted by atomic mass is 9.97. The minimum Gasteiger partial charge on any atom is -0.492 e. The number of rotatable bonds is 7. The Bertz CT molecular complexity index is 1180. The zero-order chi connectivity index (χ0) is 22.6. The van der Waals surface area contributed by atoms with Crippen LogP contribution < -0.4 is 10.1 Å². The Kier molecular flexibility index (Phi) is 6.77. The Morgan fingerprint density at radius 2 is 1.69 bits per heavy atom. The molecule has 1 heterocycles. The lowest BCUT2D eigenvalue weighted by Gasteiger charge is -2.30. The summed E-state index contributed by atoms with van der Waals surface area (Å²) in [7, 11) is -3.51. The molecule has 0 bridgehead atoms. The van der Waals surface area contributed by atoms with Gasteiger partial charge in [0.15, 0.2) is 0 Å². The molecule has 1 fully saturated rings. The number of piperidine rings is 1. The number of benzene rings is 3. The van der Waals surface area contributed by atoms with Crippen LogP contribution in [0.15, 0.2) is 71.6 Å². The monoisotopic (exact) mass is 452 g/mol. The smallest absolute Gasteiger partial charge is 0.243 e. The van der Waals surface area contributed by atoms with Crippen LogP contribution in [0, 0.1) is 12.8 Å². The molecule has 0 saturated carbocycles. The van der Waals surface area contributed by atoms with E-state index in [0.717, 1.165) is 22.1 Å². The number of nitrogens with zero attached hydrogens (tertiary/aromatic N) is 1. The second-order valence-corrected chi connectivity index (χ2v) is 10.1. The molecular formula is C25H28N2O4S. The second-order valence-electron chi connectivity index (χ2n) is 8.14. The van der Waals surface area contributed by atoms with Crippen molar-refractivity contribution in [3.63, 3.8) is 0 Å². The first kappa shape index (κ1) is 22.3. The van der Waals surface area contributed by atoms with Gasteiger partial charge in [-0.05, 0) is 54.8 Å². The highest BCUT2D eigenvalue weighted by Gasteiger charge is 2.31. The molecule has 1 saturated heterocycles. The van der Waals surface area contributed by atoms with Gasteiger partial charge >= 0.3 is 0 Å². The average Bonchev–Trinajstić information content (AvgIpc) is 2.82. The summed E-state index contributed by atoms with van der Waals surface area (Å²) < 4.78 is 32.9. The van der Waals surface area contributed by atoms with Crippen molar-refractivity contribution in [2.24, 2.45) is 5.92 Å². The van der Waals surface area contributed by atoms with E-state index < -0.39 is 10.0 Å². The molecule has 1 amide bonds. The van der Waals surface area contributed by atoms with Gasteiger partial charge in [-0.1, -0.05) is 48.0 Å². The zero-order valence-corrected chi connectivity index (χ0v) is 19.0. The fourth-order valence-electron chi connectivity index (χ4n) is 3.96. The van der Waals surface area contributed by atoms with E-state index in [-0.39, 0.29) is 11.8 Å². The molecule has 3 aromatic rings. The van der Waals surface area contributed by atoms with Crippen molar-refractivity contribution >= 4 is 26.7 Å². The molecule has 1 N–H and O–H groups in total. The number of amides is 1. The van der Waals surface area contributed by atoms with Crippen molar-refractivity contribution in [1.82, 2.24) is 9.62 Å². The normalized spacial score (nSPS) is 15.5. The van der Waals surface area contributed by atoms with Crippen molar-refractivity contribution in [1.29, 1.82) is 0 Å². The van der Waals surface area contributed by atoms with Gasteiger partial charge < -0.3 is 10.1 Å². The molecule has 0 spiro atoms. The third-order valence-electron chi connectivity index (χ3n) is 5.87. The van der Waals surface area contributed by atoms with Crippen LogP contribution in [0.25, 0.3) is 10.8 Å². The summed E-state index contributed by atoms with van der Waals surface area (Å²) in [6.45, 7) is 3.41. The van der Waals surface area contributed by atoms with Crippen LogP contribution in [-0.2, 0) is 14.8 Å². The van der Waals surface area contributed by atoms with E-state index in [0.29, 0.717) is 44.0 Å². The van der Waals surface area contributed by atoms with Gasteiger partial charge in [0, 0.05) is 19.0 Å². The van der Waals surface area contributed by atoms with Gasteiger partial charge in [-0.25, -0.2) is 8.42 Å². The standard InChI is InChI=1S/C25H28N2O4S/c1-19-6-10-24(11-7-19)32(29,30)27-15-12-21(13-16-27)25(28)26-14-17-31-23-9-8-20-4-2-3-5-22(20)18-23/h2-11,18,21H,12-17H2,1H3,(H,26,28). The maximum absolute atomic E-state index is 12.8. The third kappa shape index (κ3) is 5.11. The van der Waals surface area contributed by atoms with E-state index >= 15 is 0 Å². The van der Waals surface area contributed by atoms with Crippen molar-refractivity contribution in [3.05, 3.63) is 72.3 Å². The molecule has 3 aromatic carbocycles. The molecule has 7 heteroatoms. The predicted molar refractivity (Wildman–Crippen MR) is 125 cm³/mol. The van der Waals surface area contributed by atoms with Gasteiger partial charge in [-0.3, -0.25) is 4.79 Å². The van der Waals surface area contributed by atoms with Crippen LogP contribution in [0.3, 0.4) is 0 Å². The summed E-state index contributed by atoms with van der Waals surface area (Å²) in [6, 6.07) is 20.9. The molecule has 6 nitrogen and oxygen atoms in total. The van der Waals surface area contributed by atoms with Crippen molar-refractivity contribution < 1.29 is 17.9 Å². The van der Waals surface area contributed by atoms with Gasteiger partial charge in [0.05, 0.1) is 11.4 Å². The van der Waals surface area contributed by atoms with E-state index in [9.17, 15) is 13.2 Å². The van der Waals surface area contributed by atoms with Crippen LogP contribution in [0.4, 0.5) is 0 Å². The van der Waals surface area contributed by atoms with Crippen LogP contribution in [0.2, 0.25) is 0 Å². The highest BCUT2D eigenvalue weighted by Crippen LogP contribution is 2.24. The van der Waals surface area contributed by atoms with E-state index in [1.54, 1.807) is 24.3 Å². The number of aryl methyl sites for hydroxylation is 1. The number of carbonyl (C=O) groups excluding carboxylic acids is 1. The lowest BCUT2D eigenvalue weighted by molar-refractivity contribution is -0.126. The topological polar surface area (TPSA) is 75.7 Å². The molecule has 0 atom stereocenters. The molecule has 1 aliphatic heterocycles. The summed E-state index contributed by atoms with van der Waals surface area (Å²) in [5.41, 5.74) is 1.02.